The van der Waals surface area contributed by atoms with Gasteiger partial charge >= 0.3 is 0 Å². The van der Waals surface area contributed by atoms with Crippen molar-refractivity contribution in [1.29, 1.82) is 0 Å². The van der Waals surface area contributed by atoms with Gasteiger partial charge in [0.25, 0.3) is 0 Å². The van der Waals surface area contributed by atoms with Crippen molar-refractivity contribution in [1.82, 2.24) is 10.3 Å². The molecule has 2 heterocycles. The highest BCUT2D eigenvalue weighted by molar-refractivity contribution is 7.99. The number of carbonyl (C=O) groups is 1. The summed E-state index contributed by atoms with van der Waals surface area (Å²) in [6, 6.07) is 9.99. The van der Waals surface area contributed by atoms with Crippen LogP contribution in [0.4, 0.5) is 0 Å². The lowest BCUT2D eigenvalue weighted by atomic mass is 10.0. The van der Waals surface area contributed by atoms with Crippen LogP contribution in [0.5, 0.6) is 0 Å². The van der Waals surface area contributed by atoms with Crippen molar-refractivity contribution in [3.8, 4) is 0 Å². The Morgan fingerprint density at radius 1 is 1.21 bits per heavy atom. The van der Waals surface area contributed by atoms with Crippen molar-refractivity contribution in [2.24, 2.45) is 0 Å². The maximum absolute atomic E-state index is 12.0. The molecule has 4 nitrogen and oxygen atoms in total. The molecule has 3 rings (SSSR count). The summed E-state index contributed by atoms with van der Waals surface area (Å²) in [6.45, 7) is 6.67. The SMILES string of the molecule is Cc1cc(C)c2nc(SCC(=O)NCc3ccco3)cc(C)c2c1. The predicted octanol–water partition coefficient (Wildman–Crippen LogP) is 4.16. The van der Waals surface area contributed by atoms with E-state index in [1.54, 1.807) is 6.26 Å². The minimum atomic E-state index is -0.0309. The largest absolute Gasteiger partial charge is 0.467 e. The molecule has 0 aliphatic rings. The molecular weight excluding hydrogens is 320 g/mol. The predicted molar refractivity (Wildman–Crippen MR) is 97.2 cm³/mol. The average Bonchev–Trinajstić information content (AvgIpc) is 3.05. The van der Waals surface area contributed by atoms with Crippen LogP contribution in [0.25, 0.3) is 10.9 Å². The van der Waals surface area contributed by atoms with Gasteiger partial charge in [0.1, 0.15) is 5.76 Å². The molecule has 0 aliphatic heterocycles. The Bertz CT molecular complexity index is 873. The topological polar surface area (TPSA) is 55.1 Å². The number of rotatable bonds is 5. The van der Waals surface area contributed by atoms with Crippen LogP contribution < -0.4 is 5.32 Å². The number of fused-ring (bicyclic) bond motifs is 1. The molecule has 1 aromatic carbocycles. The monoisotopic (exact) mass is 340 g/mol. The number of hydrogen-bond donors (Lipinski definition) is 1. The molecule has 0 bridgehead atoms. The fourth-order valence-electron chi connectivity index (χ4n) is 2.68. The lowest BCUT2D eigenvalue weighted by molar-refractivity contribution is -0.118. The van der Waals surface area contributed by atoms with Gasteiger partial charge in [-0.3, -0.25) is 4.79 Å². The quantitative estimate of drug-likeness (QED) is 0.709. The third kappa shape index (κ3) is 3.79. The van der Waals surface area contributed by atoms with Crippen LogP contribution in [0.3, 0.4) is 0 Å². The normalized spacial score (nSPS) is 11.0. The summed E-state index contributed by atoms with van der Waals surface area (Å²) in [4.78, 5) is 16.7. The molecule has 0 radical (unpaired) electrons. The van der Waals surface area contributed by atoms with Crippen molar-refractivity contribution in [3.63, 3.8) is 0 Å². The van der Waals surface area contributed by atoms with E-state index >= 15 is 0 Å². The molecule has 0 aliphatic carbocycles. The number of aryl methyl sites for hydroxylation is 3. The van der Waals surface area contributed by atoms with Gasteiger partial charge in [-0.2, -0.15) is 0 Å². The van der Waals surface area contributed by atoms with Gasteiger partial charge < -0.3 is 9.73 Å². The van der Waals surface area contributed by atoms with Crippen molar-refractivity contribution < 1.29 is 9.21 Å². The van der Waals surface area contributed by atoms with E-state index in [4.69, 9.17) is 9.40 Å². The first-order valence-electron chi connectivity index (χ1n) is 7.83. The van der Waals surface area contributed by atoms with Crippen LogP contribution in [0, 0.1) is 20.8 Å². The van der Waals surface area contributed by atoms with Gasteiger partial charge in [-0.1, -0.05) is 23.4 Å². The van der Waals surface area contributed by atoms with Gasteiger partial charge in [-0.05, 0) is 56.2 Å². The molecule has 5 heteroatoms. The van der Waals surface area contributed by atoms with Gasteiger partial charge in [0, 0.05) is 5.39 Å². The van der Waals surface area contributed by atoms with E-state index in [1.807, 2.05) is 18.2 Å². The van der Waals surface area contributed by atoms with Crippen LogP contribution in [-0.2, 0) is 11.3 Å². The van der Waals surface area contributed by atoms with Gasteiger partial charge in [0.15, 0.2) is 0 Å². The van der Waals surface area contributed by atoms with Gasteiger partial charge in [-0.25, -0.2) is 4.98 Å². The molecule has 1 amide bonds. The summed E-state index contributed by atoms with van der Waals surface area (Å²) >= 11 is 1.45. The number of aromatic nitrogens is 1. The highest BCUT2D eigenvalue weighted by Crippen LogP contribution is 2.26. The molecule has 0 atom stereocenters. The highest BCUT2D eigenvalue weighted by Gasteiger charge is 2.09. The molecule has 0 unspecified atom stereocenters. The Morgan fingerprint density at radius 2 is 2.04 bits per heavy atom. The van der Waals surface area contributed by atoms with E-state index in [1.165, 1.54) is 28.3 Å². The third-order valence-corrected chi connectivity index (χ3v) is 4.73. The molecular formula is C19H20N2O2S. The third-order valence-electron chi connectivity index (χ3n) is 3.82. The van der Waals surface area contributed by atoms with E-state index in [0.717, 1.165) is 21.9 Å². The van der Waals surface area contributed by atoms with E-state index < -0.39 is 0 Å². The fourth-order valence-corrected chi connectivity index (χ4v) is 3.47. The highest BCUT2D eigenvalue weighted by atomic mass is 32.2. The summed E-state index contributed by atoms with van der Waals surface area (Å²) in [6.07, 6.45) is 1.60. The molecule has 2 aromatic heterocycles. The first kappa shape index (κ1) is 16.6. The van der Waals surface area contributed by atoms with Gasteiger partial charge in [0.05, 0.1) is 29.1 Å². The molecule has 124 valence electrons. The van der Waals surface area contributed by atoms with Crippen molar-refractivity contribution in [2.45, 2.75) is 32.3 Å². The first-order chi connectivity index (χ1) is 11.5. The number of benzene rings is 1. The fraction of sp³-hybridized carbons (Fsp3) is 0.263. The number of nitrogens with one attached hydrogen (secondary N) is 1. The summed E-state index contributed by atoms with van der Waals surface area (Å²) in [5.41, 5.74) is 4.60. The average molecular weight is 340 g/mol. The molecule has 1 N–H and O–H groups in total. The molecule has 0 saturated carbocycles. The zero-order valence-electron chi connectivity index (χ0n) is 14.1. The maximum Gasteiger partial charge on any atom is 0.230 e. The number of amides is 1. The van der Waals surface area contributed by atoms with Crippen molar-refractivity contribution in [2.75, 3.05) is 5.75 Å². The standard InChI is InChI=1S/C19H20N2O2S/c1-12-7-14(3)19-16(8-12)13(2)9-18(21-19)24-11-17(22)20-10-15-5-4-6-23-15/h4-9H,10-11H2,1-3H3,(H,20,22). The van der Waals surface area contributed by atoms with Gasteiger partial charge in [0.2, 0.25) is 5.91 Å². The molecule has 0 saturated heterocycles. The zero-order valence-corrected chi connectivity index (χ0v) is 14.9. The second-order valence-electron chi connectivity index (χ2n) is 5.90. The molecule has 0 fully saturated rings. The minimum Gasteiger partial charge on any atom is -0.467 e. The number of pyridine rings is 1. The van der Waals surface area contributed by atoms with Crippen LogP contribution in [0.1, 0.15) is 22.5 Å². The Balaban J connectivity index is 1.68. The maximum atomic E-state index is 12.0. The smallest absolute Gasteiger partial charge is 0.230 e. The number of furan rings is 1. The summed E-state index contributed by atoms with van der Waals surface area (Å²) in [7, 11) is 0. The summed E-state index contributed by atoms with van der Waals surface area (Å²) < 4.78 is 5.20. The second kappa shape index (κ2) is 7.09. The second-order valence-corrected chi connectivity index (χ2v) is 6.90. The number of carbonyl (C=O) groups excluding carboxylic acids is 1. The Morgan fingerprint density at radius 3 is 2.79 bits per heavy atom. The van der Waals surface area contributed by atoms with E-state index in [2.05, 4.69) is 38.2 Å². The van der Waals surface area contributed by atoms with Crippen molar-refractivity contribution >= 4 is 28.6 Å². The lowest BCUT2D eigenvalue weighted by Gasteiger charge is -2.09. The number of thioether (sulfide) groups is 1. The molecule has 3 aromatic rings. The van der Waals surface area contributed by atoms with E-state index in [-0.39, 0.29) is 5.91 Å². The van der Waals surface area contributed by atoms with Crippen LogP contribution in [-0.4, -0.2) is 16.6 Å². The van der Waals surface area contributed by atoms with E-state index in [0.29, 0.717) is 12.3 Å². The van der Waals surface area contributed by atoms with Crippen LogP contribution in [0.2, 0.25) is 0 Å². The van der Waals surface area contributed by atoms with Crippen molar-refractivity contribution in [3.05, 3.63) is 59.0 Å². The van der Waals surface area contributed by atoms with Gasteiger partial charge in [-0.15, -0.1) is 0 Å². The molecule has 24 heavy (non-hydrogen) atoms. The van der Waals surface area contributed by atoms with Crippen LogP contribution >= 0.6 is 11.8 Å². The number of nitrogens with zero attached hydrogens (tertiary/aromatic N) is 1. The summed E-state index contributed by atoms with van der Waals surface area (Å²) in [5.74, 6) is 1.06. The van der Waals surface area contributed by atoms with Crippen LogP contribution in [0.15, 0.2) is 46.0 Å². The zero-order chi connectivity index (χ0) is 17.1. The Kier molecular flexibility index (Phi) is 4.90. The number of hydrogen-bond acceptors (Lipinski definition) is 4. The lowest BCUT2D eigenvalue weighted by Crippen LogP contribution is -2.24. The first-order valence-corrected chi connectivity index (χ1v) is 8.82. The van der Waals surface area contributed by atoms with E-state index in [9.17, 15) is 4.79 Å². The summed E-state index contributed by atoms with van der Waals surface area (Å²) in [5, 5.41) is 4.90. The Labute approximate surface area is 145 Å². The Hall–Kier alpha value is -2.27. The molecule has 0 spiro atoms. The minimum absolute atomic E-state index is 0.0309.